The largest absolute Gasteiger partial charge is 0.378 e. The number of rotatable bonds is 4. The van der Waals surface area contributed by atoms with Gasteiger partial charge in [0, 0.05) is 6.04 Å². The zero-order valence-corrected chi connectivity index (χ0v) is 11.1. The molecule has 2 rings (SSSR count). The van der Waals surface area contributed by atoms with Crippen LogP contribution >= 0.6 is 11.3 Å². The predicted molar refractivity (Wildman–Crippen MR) is 72.2 cm³/mol. The Morgan fingerprint density at radius 1 is 1.37 bits per heavy atom. The third kappa shape index (κ3) is 3.30. The molecule has 0 bridgehead atoms. The third-order valence-electron chi connectivity index (χ3n) is 2.68. The molecule has 0 radical (unpaired) electrons. The highest BCUT2D eigenvalue weighted by Crippen LogP contribution is 2.22. The fraction of sp³-hybridized carbons (Fsp3) is 0.214. The van der Waals surface area contributed by atoms with Crippen LogP contribution < -0.4 is 5.32 Å². The van der Waals surface area contributed by atoms with E-state index in [-0.39, 0.29) is 17.3 Å². The quantitative estimate of drug-likeness (QED) is 0.919. The van der Waals surface area contributed by atoms with Crippen LogP contribution in [0.3, 0.4) is 0 Å². The summed E-state index contributed by atoms with van der Waals surface area (Å²) in [5.41, 5.74) is 0.923. The lowest BCUT2D eigenvalue weighted by atomic mass is 10.1. The second-order valence-corrected chi connectivity index (χ2v) is 5.09. The van der Waals surface area contributed by atoms with Crippen molar-refractivity contribution in [2.24, 2.45) is 0 Å². The van der Waals surface area contributed by atoms with E-state index in [1.165, 1.54) is 0 Å². The van der Waals surface area contributed by atoms with E-state index in [4.69, 9.17) is 5.26 Å². The Morgan fingerprint density at radius 3 is 2.58 bits per heavy atom. The molecule has 5 heteroatoms. The van der Waals surface area contributed by atoms with E-state index >= 15 is 0 Å². The Balaban J connectivity index is 2.13. The van der Waals surface area contributed by atoms with Crippen LogP contribution in [0.15, 0.2) is 29.0 Å². The number of thiophene rings is 1. The Kier molecular flexibility index (Phi) is 4.13. The molecule has 1 aromatic heterocycles. The number of nitrogens with zero attached hydrogens (tertiary/aromatic N) is 1. The van der Waals surface area contributed by atoms with E-state index in [9.17, 15) is 8.78 Å². The van der Waals surface area contributed by atoms with Gasteiger partial charge in [-0.1, -0.05) is 0 Å². The number of hydrogen-bond donors (Lipinski definition) is 1. The van der Waals surface area contributed by atoms with Gasteiger partial charge in [-0.25, -0.2) is 8.78 Å². The molecule has 1 atom stereocenters. The second kappa shape index (κ2) is 5.81. The fourth-order valence-corrected chi connectivity index (χ4v) is 2.52. The summed E-state index contributed by atoms with van der Waals surface area (Å²) in [5, 5.41) is 15.4. The Bertz CT molecular complexity index is 579. The van der Waals surface area contributed by atoms with Gasteiger partial charge in [0.2, 0.25) is 0 Å². The van der Waals surface area contributed by atoms with E-state index < -0.39 is 11.6 Å². The second-order valence-electron chi connectivity index (χ2n) is 4.31. The standard InChI is InChI=1S/C14H12F2N2S/c1-9(4-10-2-3-19-8-10)18-14-12(15)5-11(7-17)6-13(14)16/h2-3,5-6,8-9,18H,4H2,1H3. The smallest absolute Gasteiger partial charge is 0.150 e. The number of benzene rings is 1. The van der Waals surface area contributed by atoms with Crippen molar-refractivity contribution in [3.63, 3.8) is 0 Å². The molecule has 0 spiro atoms. The van der Waals surface area contributed by atoms with Crippen molar-refractivity contribution in [2.45, 2.75) is 19.4 Å². The lowest BCUT2D eigenvalue weighted by Gasteiger charge is -2.16. The maximum atomic E-state index is 13.7. The molecule has 19 heavy (non-hydrogen) atoms. The lowest BCUT2D eigenvalue weighted by molar-refractivity contribution is 0.582. The normalized spacial score (nSPS) is 11.9. The van der Waals surface area contributed by atoms with Gasteiger partial charge in [0.1, 0.15) is 5.69 Å². The average molecular weight is 278 g/mol. The number of halogens is 2. The molecule has 0 aliphatic rings. The molecule has 1 heterocycles. The summed E-state index contributed by atoms with van der Waals surface area (Å²) >= 11 is 1.59. The summed E-state index contributed by atoms with van der Waals surface area (Å²) in [5.74, 6) is -1.48. The summed E-state index contributed by atoms with van der Waals surface area (Å²) in [7, 11) is 0. The number of nitrogens with one attached hydrogen (secondary N) is 1. The van der Waals surface area contributed by atoms with Crippen LogP contribution in [-0.2, 0) is 6.42 Å². The zero-order chi connectivity index (χ0) is 13.8. The molecule has 1 unspecified atom stereocenters. The minimum atomic E-state index is -0.742. The summed E-state index contributed by atoms with van der Waals surface area (Å²) < 4.78 is 27.4. The van der Waals surface area contributed by atoms with Crippen molar-refractivity contribution in [1.29, 1.82) is 5.26 Å². The minimum Gasteiger partial charge on any atom is -0.378 e. The van der Waals surface area contributed by atoms with Crippen molar-refractivity contribution < 1.29 is 8.78 Å². The van der Waals surface area contributed by atoms with Crippen molar-refractivity contribution in [1.82, 2.24) is 0 Å². The molecular formula is C14H12F2N2S. The van der Waals surface area contributed by atoms with Gasteiger partial charge in [-0.3, -0.25) is 0 Å². The average Bonchev–Trinajstić information content (AvgIpc) is 2.86. The first-order valence-electron chi connectivity index (χ1n) is 5.77. The molecular weight excluding hydrogens is 266 g/mol. The summed E-state index contributed by atoms with van der Waals surface area (Å²) in [4.78, 5) is 0. The first-order chi connectivity index (χ1) is 9.10. The molecule has 0 aliphatic heterocycles. The van der Waals surface area contributed by atoms with Gasteiger partial charge in [-0.05, 0) is 47.9 Å². The van der Waals surface area contributed by atoms with Gasteiger partial charge in [0.05, 0.1) is 11.6 Å². The van der Waals surface area contributed by atoms with Crippen LogP contribution in [-0.4, -0.2) is 6.04 Å². The molecule has 98 valence electrons. The highest BCUT2D eigenvalue weighted by Gasteiger charge is 2.14. The predicted octanol–water partition coefficient (Wildman–Crippen LogP) is 3.94. The van der Waals surface area contributed by atoms with Gasteiger partial charge in [-0.15, -0.1) is 0 Å². The number of anilines is 1. The third-order valence-corrected chi connectivity index (χ3v) is 3.42. The Morgan fingerprint density at radius 2 is 2.05 bits per heavy atom. The molecule has 0 saturated carbocycles. The first-order valence-corrected chi connectivity index (χ1v) is 6.71. The summed E-state index contributed by atoms with van der Waals surface area (Å²) in [6.07, 6.45) is 0.683. The summed E-state index contributed by atoms with van der Waals surface area (Å²) in [6, 6.07) is 5.66. The van der Waals surface area contributed by atoms with Crippen molar-refractivity contribution in [3.8, 4) is 6.07 Å². The van der Waals surface area contributed by atoms with Gasteiger partial charge < -0.3 is 5.32 Å². The minimum absolute atomic E-state index is 0.0222. The molecule has 1 aromatic carbocycles. The highest BCUT2D eigenvalue weighted by molar-refractivity contribution is 7.07. The van der Waals surface area contributed by atoms with E-state index in [2.05, 4.69) is 5.32 Å². The fourth-order valence-electron chi connectivity index (χ4n) is 1.84. The van der Waals surface area contributed by atoms with Crippen LogP contribution in [0.1, 0.15) is 18.1 Å². The highest BCUT2D eigenvalue weighted by atomic mass is 32.1. The van der Waals surface area contributed by atoms with Crippen LogP contribution in [0.2, 0.25) is 0 Å². The van der Waals surface area contributed by atoms with Crippen molar-refractivity contribution in [3.05, 3.63) is 51.7 Å². The maximum absolute atomic E-state index is 13.7. The van der Waals surface area contributed by atoms with Crippen molar-refractivity contribution in [2.75, 3.05) is 5.32 Å². The van der Waals surface area contributed by atoms with Gasteiger partial charge in [0.25, 0.3) is 0 Å². The molecule has 2 aromatic rings. The molecule has 0 aliphatic carbocycles. The molecule has 2 nitrogen and oxygen atoms in total. The molecule has 1 N–H and O–H groups in total. The number of nitriles is 1. The topological polar surface area (TPSA) is 35.8 Å². The molecule has 0 amide bonds. The monoisotopic (exact) mass is 278 g/mol. The van der Waals surface area contributed by atoms with Crippen molar-refractivity contribution >= 4 is 17.0 Å². The number of hydrogen-bond acceptors (Lipinski definition) is 3. The lowest BCUT2D eigenvalue weighted by Crippen LogP contribution is -2.19. The first kappa shape index (κ1) is 13.5. The molecule has 0 saturated heterocycles. The van der Waals surface area contributed by atoms with E-state index in [0.717, 1.165) is 17.7 Å². The van der Waals surface area contributed by atoms with Crippen LogP contribution in [0, 0.1) is 23.0 Å². The van der Waals surface area contributed by atoms with Crippen LogP contribution in [0.5, 0.6) is 0 Å². The van der Waals surface area contributed by atoms with Crippen LogP contribution in [0.4, 0.5) is 14.5 Å². The Labute approximate surface area is 114 Å². The van der Waals surface area contributed by atoms with Gasteiger partial charge in [0.15, 0.2) is 11.6 Å². The van der Waals surface area contributed by atoms with E-state index in [0.29, 0.717) is 6.42 Å². The van der Waals surface area contributed by atoms with Crippen LogP contribution in [0.25, 0.3) is 0 Å². The van der Waals surface area contributed by atoms with Gasteiger partial charge in [-0.2, -0.15) is 16.6 Å². The van der Waals surface area contributed by atoms with E-state index in [1.54, 1.807) is 17.4 Å². The van der Waals surface area contributed by atoms with E-state index in [1.807, 2.05) is 23.8 Å². The SMILES string of the molecule is CC(Cc1ccsc1)Nc1c(F)cc(C#N)cc1F. The zero-order valence-electron chi connectivity index (χ0n) is 10.3. The maximum Gasteiger partial charge on any atom is 0.150 e. The Hall–Kier alpha value is -1.93. The molecule has 0 fully saturated rings. The summed E-state index contributed by atoms with van der Waals surface area (Å²) in [6.45, 7) is 1.86. The van der Waals surface area contributed by atoms with Gasteiger partial charge >= 0.3 is 0 Å².